The molecule has 6 nitrogen and oxygen atoms in total. The lowest BCUT2D eigenvalue weighted by Gasteiger charge is -2.12. The fourth-order valence-corrected chi connectivity index (χ4v) is 4.19. The third-order valence-corrected chi connectivity index (χ3v) is 5.77. The molecule has 4 aromatic rings. The van der Waals surface area contributed by atoms with E-state index in [1.807, 2.05) is 59.4 Å². The van der Waals surface area contributed by atoms with Crippen molar-refractivity contribution in [2.24, 2.45) is 5.92 Å². The van der Waals surface area contributed by atoms with Gasteiger partial charge in [-0.1, -0.05) is 26.0 Å². The Morgan fingerprint density at radius 3 is 2.42 bits per heavy atom. The van der Waals surface area contributed by atoms with Crippen molar-refractivity contribution in [1.82, 2.24) is 18.7 Å². The lowest BCUT2D eigenvalue weighted by atomic mass is 10.1. The molecule has 4 rings (SSSR count). The Morgan fingerprint density at radius 1 is 1.00 bits per heavy atom. The van der Waals surface area contributed by atoms with Crippen LogP contribution in [-0.2, 0) is 19.6 Å². The van der Waals surface area contributed by atoms with Crippen LogP contribution in [0.25, 0.3) is 26.9 Å². The van der Waals surface area contributed by atoms with E-state index in [-0.39, 0.29) is 11.7 Å². The van der Waals surface area contributed by atoms with E-state index >= 15 is 0 Å². The van der Waals surface area contributed by atoms with Crippen LogP contribution in [0.1, 0.15) is 51.5 Å². The molecule has 0 saturated heterocycles. The van der Waals surface area contributed by atoms with Crippen LogP contribution in [0.4, 0.5) is 0 Å². The fourth-order valence-electron chi connectivity index (χ4n) is 4.19. The average Bonchev–Trinajstić information content (AvgIpc) is 3.21. The van der Waals surface area contributed by atoms with Crippen LogP contribution in [0, 0.1) is 12.5 Å². The summed E-state index contributed by atoms with van der Waals surface area (Å²) >= 11 is 0. The van der Waals surface area contributed by atoms with Crippen molar-refractivity contribution < 1.29 is 0 Å². The van der Waals surface area contributed by atoms with Crippen molar-refractivity contribution in [1.29, 1.82) is 0 Å². The van der Waals surface area contributed by atoms with E-state index in [1.165, 1.54) is 0 Å². The maximum atomic E-state index is 13.3. The summed E-state index contributed by atoms with van der Waals surface area (Å²) in [6.45, 7) is 17.3. The fraction of sp³-hybridized carbons (Fsp3) is 0.400. The number of hydrogen-bond acceptors (Lipinski definition) is 2. The van der Waals surface area contributed by atoms with Gasteiger partial charge in [0.2, 0.25) is 6.54 Å². The minimum Gasteiger partial charge on any atom is -0.326 e. The van der Waals surface area contributed by atoms with E-state index in [4.69, 9.17) is 11.6 Å². The van der Waals surface area contributed by atoms with Crippen molar-refractivity contribution in [3.63, 3.8) is 0 Å². The first kappa shape index (κ1) is 20.9. The molecule has 0 aliphatic heterocycles. The van der Waals surface area contributed by atoms with E-state index in [0.29, 0.717) is 19.0 Å². The molecular formula is C25H29N5O. The number of rotatable bonds is 7. The normalized spacial score (nSPS) is 11.8. The largest absolute Gasteiger partial charge is 0.329 e. The number of para-hydroxylation sites is 2. The second kappa shape index (κ2) is 8.43. The molecule has 0 unspecified atom stereocenters. The Hall–Kier alpha value is -3.33. The minimum absolute atomic E-state index is 0.00707. The van der Waals surface area contributed by atoms with Crippen molar-refractivity contribution in [3.8, 4) is 0 Å². The molecule has 2 heterocycles. The second-order valence-electron chi connectivity index (χ2n) is 8.82. The molecule has 0 amide bonds. The first-order valence-corrected chi connectivity index (χ1v) is 10.9. The zero-order valence-electron chi connectivity index (χ0n) is 18.7. The summed E-state index contributed by atoms with van der Waals surface area (Å²) in [6.07, 6.45) is 1.02. The molecule has 0 radical (unpaired) electrons. The summed E-state index contributed by atoms with van der Waals surface area (Å²) in [4.78, 5) is 21.8. The average molecular weight is 416 g/mol. The Morgan fingerprint density at radius 2 is 1.74 bits per heavy atom. The van der Waals surface area contributed by atoms with Crippen LogP contribution in [0.2, 0.25) is 0 Å². The Bertz CT molecular complexity index is 1330. The van der Waals surface area contributed by atoms with Crippen LogP contribution < -0.4 is 5.69 Å². The molecule has 2 aromatic carbocycles. The van der Waals surface area contributed by atoms with E-state index in [2.05, 4.69) is 29.3 Å². The number of imidazole rings is 2. The molecule has 0 N–H and O–H groups in total. The van der Waals surface area contributed by atoms with Gasteiger partial charge in [0.25, 0.3) is 0 Å². The molecule has 0 spiro atoms. The van der Waals surface area contributed by atoms with Crippen molar-refractivity contribution in [3.05, 3.63) is 75.8 Å². The summed E-state index contributed by atoms with van der Waals surface area (Å²) in [5.41, 5.74) is 4.82. The highest BCUT2D eigenvalue weighted by atomic mass is 16.1. The standard InChI is InChI=1S/C25H29N5O/c1-17(2)12-13-28-23-14-19(15-26-5)10-11-20(23)27-24(28)16-29-21-8-6-7-9-22(21)30(18(3)4)25(29)31/h6-11,14,17-18H,12-13,15-16H2,1-4H3. The van der Waals surface area contributed by atoms with E-state index in [0.717, 1.165) is 46.4 Å². The van der Waals surface area contributed by atoms with Crippen LogP contribution in [0.5, 0.6) is 0 Å². The van der Waals surface area contributed by atoms with Gasteiger partial charge in [-0.2, -0.15) is 0 Å². The van der Waals surface area contributed by atoms with Gasteiger partial charge >= 0.3 is 5.69 Å². The molecule has 0 bridgehead atoms. The van der Waals surface area contributed by atoms with Gasteiger partial charge in [0.1, 0.15) is 5.82 Å². The predicted octanol–water partition coefficient (Wildman–Crippen LogP) is 5.25. The van der Waals surface area contributed by atoms with Gasteiger partial charge in [0.15, 0.2) is 0 Å². The van der Waals surface area contributed by atoms with Crippen molar-refractivity contribution >= 4 is 22.1 Å². The highest BCUT2D eigenvalue weighted by Gasteiger charge is 2.19. The zero-order chi connectivity index (χ0) is 22.1. The number of aryl methyl sites for hydroxylation is 1. The first-order chi connectivity index (χ1) is 14.9. The summed E-state index contributed by atoms with van der Waals surface area (Å²) in [7, 11) is 0. The summed E-state index contributed by atoms with van der Waals surface area (Å²) in [5, 5.41) is 0. The minimum atomic E-state index is -0.00707. The Balaban J connectivity index is 1.87. The molecule has 0 saturated carbocycles. The van der Waals surface area contributed by atoms with Crippen LogP contribution in [0.15, 0.2) is 47.3 Å². The lowest BCUT2D eigenvalue weighted by Crippen LogP contribution is -2.27. The first-order valence-electron chi connectivity index (χ1n) is 10.9. The quantitative estimate of drug-likeness (QED) is 0.387. The van der Waals surface area contributed by atoms with Crippen LogP contribution in [-0.4, -0.2) is 18.7 Å². The maximum absolute atomic E-state index is 13.3. The highest BCUT2D eigenvalue weighted by molar-refractivity contribution is 5.78. The van der Waals surface area contributed by atoms with Gasteiger partial charge in [0, 0.05) is 18.2 Å². The number of benzene rings is 2. The SMILES string of the molecule is [C-]#[N+]Cc1ccc2nc(Cn3c(=O)n(C(C)C)c4ccccc43)n(CCC(C)C)c2c1. The molecule has 0 fully saturated rings. The Labute approximate surface area is 182 Å². The van der Waals surface area contributed by atoms with Crippen LogP contribution >= 0.6 is 0 Å². The molecule has 0 aliphatic carbocycles. The molecule has 0 aliphatic rings. The number of hydrogen-bond donors (Lipinski definition) is 0. The molecule has 2 aromatic heterocycles. The van der Waals surface area contributed by atoms with E-state index in [1.54, 1.807) is 0 Å². The van der Waals surface area contributed by atoms with Gasteiger partial charge in [-0.15, -0.1) is 0 Å². The third kappa shape index (κ3) is 3.88. The topological polar surface area (TPSA) is 49.1 Å². The second-order valence-corrected chi connectivity index (χ2v) is 8.82. The zero-order valence-corrected chi connectivity index (χ0v) is 18.7. The Kier molecular flexibility index (Phi) is 5.69. The number of nitrogens with zero attached hydrogens (tertiary/aromatic N) is 5. The van der Waals surface area contributed by atoms with Gasteiger partial charge in [-0.05, 0) is 56.5 Å². The van der Waals surface area contributed by atoms with Gasteiger partial charge in [0.05, 0.1) is 28.6 Å². The van der Waals surface area contributed by atoms with Crippen molar-refractivity contribution in [2.75, 3.05) is 0 Å². The summed E-state index contributed by atoms with van der Waals surface area (Å²) in [6, 6.07) is 14.1. The third-order valence-electron chi connectivity index (χ3n) is 5.77. The van der Waals surface area contributed by atoms with E-state index in [9.17, 15) is 4.79 Å². The molecule has 0 atom stereocenters. The highest BCUT2D eigenvalue weighted by Crippen LogP contribution is 2.23. The van der Waals surface area contributed by atoms with Crippen molar-refractivity contribution in [2.45, 2.75) is 59.8 Å². The smallest absolute Gasteiger partial charge is 0.326 e. The maximum Gasteiger partial charge on any atom is 0.329 e. The summed E-state index contributed by atoms with van der Waals surface area (Å²) < 4.78 is 5.92. The van der Waals surface area contributed by atoms with Gasteiger partial charge < -0.3 is 9.41 Å². The van der Waals surface area contributed by atoms with Gasteiger partial charge in [-0.25, -0.2) is 16.4 Å². The number of aromatic nitrogens is 4. The monoisotopic (exact) mass is 415 g/mol. The van der Waals surface area contributed by atoms with Gasteiger partial charge in [-0.3, -0.25) is 9.13 Å². The van der Waals surface area contributed by atoms with Crippen LogP contribution in [0.3, 0.4) is 0 Å². The van der Waals surface area contributed by atoms with E-state index < -0.39 is 0 Å². The molecule has 6 heteroatoms. The molecule has 160 valence electrons. The molecular weight excluding hydrogens is 386 g/mol. The summed E-state index contributed by atoms with van der Waals surface area (Å²) in [5.74, 6) is 1.44. The number of fused-ring (bicyclic) bond motifs is 2. The predicted molar refractivity (Wildman–Crippen MR) is 125 cm³/mol. The lowest BCUT2D eigenvalue weighted by molar-refractivity contribution is 0.504. The molecule has 31 heavy (non-hydrogen) atoms.